The molecule has 0 spiro atoms. The minimum Gasteiger partial charge on any atom is -0.321 e. The molecule has 2 N–H and O–H groups in total. The topological polar surface area (TPSA) is 118 Å². The van der Waals surface area contributed by atoms with Crippen LogP contribution < -0.4 is 10.6 Å². The van der Waals surface area contributed by atoms with Crippen LogP contribution in [0.5, 0.6) is 0 Å². The van der Waals surface area contributed by atoms with Crippen molar-refractivity contribution in [2.75, 3.05) is 11.1 Å². The van der Waals surface area contributed by atoms with Gasteiger partial charge in [0.25, 0.3) is 17.5 Å². The summed E-state index contributed by atoms with van der Waals surface area (Å²) in [4.78, 5) is 50.3. The third kappa shape index (κ3) is 7.75. The quantitative estimate of drug-likeness (QED) is 0.0670. The van der Waals surface area contributed by atoms with Gasteiger partial charge in [-0.1, -0.05) is 58.4 Å². The number of Topliss-reactive ketones (excluding diaryl/α,β-unsaturated/α-hetero) is 1. The van der Waals surface area contributed by atoms with E-state index in [2.05, 4.69) is 26.6 Å². The lowest BCUT2D eigenvalue weighted by atomic mass is 10.1. The highest BCUT2D eigenvalue weighted by Gasteiger charge is 2.18. The van der Waals surface area contributed by atoms with E-state index in [1.807, 2.05) is 12.1 Å². The van der Waals surface area contributed by atoms with Gasteiger partial charge in [0, 0.05) is 32.2 Å². The number of benzene rings is 4. The molecule has 4 aromatic rings. The summed E-state index contributed by atoms with van der Waals surface area (Å²) in [7, 11) is 0. The highest BCUT2D eigenvalue weighted by molar-refractivity contribution is 9.10. The van der Waals surface area contributed by atoms with E-state index in [0.29, 0.717) is 16.8 Å². The molecule has 0 saturated heterocycles. The molecule has 4 rings (SSSR count). The predicted octanol–water partition coefficient (Wildman–Crippen LogP) is 6.74. The van der Waals surface area contributed by atoms with Crippen LogP contribution in [0.15, 0.2) is 118 Å². The van der Waals surface area contributed by atoms with Crippen molar-refractivity contribution in [1.29, 1.82) is 0 Å². The van der Waals surface area contributed by atoms with Crippen LogP contribution in [0.2, 0.25) is 0 Å². The van der Waals surface area contributed by atoms with Crippen molar-refractivity contribution in [2.24, 2.45) is 0 Å². The Morgan fingerprint density at radius 2 is 1.48 bits per heavy atom. The summed E-state index contributed by atoms with van der Waals surface area (Å²) in [5, 5.41) is 16.8. The van der Waals surface area contributed by atoms with Crippen molar-refractivity contribution in [2.45, 2.75) is 4.90 Å². The summed E-state index contributed by atoms with van der Waals surface area (Å²) in [5.41, 5.74) is 1.17. The first-order valence-corrected chi connectivity index (χ1v) is 13.7. The van der Waals surface area contributed by atoms with Gasteiger partial charge in [-0.3, -0.25) is 24.5 Å². The number of para-hydroxylation sites is 1. The fourth-order valence-electron chi connectivity index (χ4n) is 3.57. The molecular weight excluding hydrogens is 594 g/mol. The summed E-state index contributed by atoms with van der Waals surface area (Å²) < 4.78 is 0.897. The lowest BCUT2D eigenvalue weighted by Gasteiger charge is -2.12. The lowest BCUT2D eigenvalue weighted by molar-refractivity contribution is -0.385. The second-order valence-electron chi connectivity index (χ2n) is 8.39. The second-order valence-corrected chi connectivity index (χ2v) is 10.4. The molecule has 0 bridgehead atoms. The number of nitrogens with zero attached hydrogens (tertiary/aromatic N) is 1. The summed E-state index contributed by atoms with van der Waals surface area (Å²) in [6.45, 7) is 0. The molecule has 200 valence electrons. The molecule has 0 aliphatic rings. The van der Waals surface area contributed by atoms with Gasteiger partial charge in [-0.05, 0) is 60.7 Å². The Morgan fingerprint density at radius 3 is 2.15 bits per heavy atom. The number of hydrogen-bond donors (Lipinski definition) is 2. The zero-order chi connectivity index (χ0) is 28.5. The molecule has 0 saturated carbocycles. The van der Waals surface area contributed by atoms with Crippen LogP contribution in [0, 0.1) is 10.1 Å². The Kier molecular flexibility index (Phi) is 9.61. The van der Waals surface area contributed by atoms with E-state index in [0.717, 1.165) is 9.37 Å². The maximum absolute atomic E-state index is 13.2. The number of carbonyl (C=O) groups excluding carboxylic acids is 3. The Hall–Kier alpha value is -4.54. The van der Waals surface area contributed by atoms with Crippen LogP contribution in [0.25, 0.3) is 6.08 Å². The maximum Gasteiger partial charge on any atom is 0.276 e. The van der Waals surface area contributed by atoms with Crippen molar-refractivity contribution in [3.8, 4) is 0 Å². The van der Waals surface area contributed by atoms with Gasteiger partial charge in [0.2, 0.25) is 0 Å². The highest BCUT2D eigenvalue weighted by Crippen LogP contribution is 2.24. The fourth-order valence-corrected chi connectivity index (χ4v) is 4.63. The van der Waals surface area contributed by atoms with Crippen molar-refractivity contribution in [3.63, 3.8) is 0 Å². The summed E-state index contributed by atoms with van der Waals surface area (Å²) in [5.74, 6) is -0.952. The minimum absolute atomic E-state index is 0.00572. The molecule has 8 nitrogen and oxygen atoms in total. The van der Waals surface area contributed by atoms with Crippen molar-refractivity contribution < 1.29 is 19.3 Å². The van der Waals surface area contributed by atoms with Crippen LogP contribution >= 0.6 is 27.7 Å². The molecule has 2 amide bonds. The fraction of sp³-hybridized carbons (Fsp3) is 0.0333. The van der Waals surface area contributed by atoms with Crippen molar-refractivity contribution in [3.05, 3.63) is 140 Å². The van der Waals surface area contributed by atoms with E-state index in [4.69, 9.17) is 0 Å². The molecule has 0 atom stereocenters. The Labute approximate surface area is 242 Å². The molecule has 0 heterocycles. The van der Waals surface area contributed by atoms with Gasteiger partial charge in [-0.15, -0.1) is 11.8 Å². The van der Waals surface area contributed by atoms with Crippen LogP contribution in [0.3, 0.4) is 0 Å². The third-order valence-corrected chi connectivity index (χ3v) is 7.15. The molecule has 0 fully saturated rings. The van der Waals surface area contributed by atoms with Gasteiger partial charge >= 0.3 is 0 Å². The maximum atomic E-state index is 13.2. The standard InChI is InChI=1S/C30H22BrN3O5S/c31-23-12-10-20(11-13-23)28(35)19-40-25-16-14-24(15-17-25)32-30(37)26(33-29(36)21-6-2-1-3-7-21)18-22-8-4-5-9-27(22)34(38)39/h1-18H,19H2,(H,32,37)(H,33,36)/b26-18-. The van der Waals surface area contributed by atoms with Gasteiger partial charge in [-0.25, -0.2) is 0 Å². The van der Waals surface area contributed by atoms with E-state index in [9.17, 15) is 24.5 Å². The first-order valence-electron chi connectivity index (χ1n) is 11.9. The molecule has 4 aromatic carbocycles. The number of ketones is 1. The first kappa shape index (κ1) is 28.5. The van der Waals surface area contributed by atoms with E-state index in [1.165, 1.54) is 36.0 Å². The molecule has 40 heavy (non-hydrogen) atoms. The Morgan fingerprint density at radius 1 is 0.825 bits per heavy atom. The zero-order valence-electron chi connectivity index (χ0n) is 20.9. The Bertz CT molecular complexity index is 1570. The normalized spacial score (nSPS) is 11.0. The van der Waals surface area contributed by atoms with Gasteiger partial charge in [0.05, 0.1) is 16.2 Å². The number of nitro benzene ring substituents is 1. The van der Waals surface area contributed by atoms with Crippen molar-refractivity contribution in [1.82, 2.24) is 5.32 Å². The number of amides is 2. The average Bonchev–Trinajstić information content (AvgIpc) is 2.97. The molecular formula is C30H22BrN3O5S. The minimum atomic E-state index is -0.659. The second kappa shape index (κ2) is 13.5. The van der Waals surface area contributed by atoms with Crippen molar-refractivity contribution >= 4 is 62.7 Å². The number of nitro groups is 1. The number of nitrogens with one attached hydrogen (secondary N) is 2. The summed E-state index contributed by atoms with van der Waals surface area (Å²) in [6.07, 6.45) is 1.27. The van der Waals surface area contributed by atoms with Crippen LogP contribution in [-0.2, 0) is 4.79 Å². The van der Waals surface area contributed by atoms with E-state index in [1.54, 1.807) is 72.8 Å². The van der Waals surface area contributed by atoms with Gasteiger partial charge in [0.15, 0.2) is 5.78 Å². The Balaban J connectivity index is 1.49. The van der Waals surface area contributed by atoms with Gasteiger partial charge in [-0.2, -0.15) is 0 Å². The highest BCUT2D eigenvalue weighted by atomic mass is 79.9. The van der Waals surface area contributed by atoms with E-state index < -0.39 is 16.7 Å². The molecule has 0 aromatic heterocycles. The lowest BCUT2D eigenvalue weighted by Crippen LogP contribution is -2.30. The number of carbonyl (C=O) groups is 3. The average molecular weight is 616 g/mol. The predicted molar refractivity (Wildman–Crippen MR) is 159 cm³/mol. The van der Waals surface area contributed by atoms with E-state index in [-0.39, 0.29) is 28.5 Å². The molecule has 0 aliphatic heterocycles. The number of thioether (sulfide) groups is 1. The number of rotatable bonds is 10. The molecule has 10 heteroatoms. The van der Waals surface area contributed by atoms with Gasteiger partial charge < -0.3 is 10.6 Å². The third-order valence-electron chi connectivity index (χ3n) is 5.61. The van der Waals surface area contributed by atoms with E-state index >= 15 is 0 Å². The zero-order valence-corrected chi connectivity index (χ0v) is 23.3. The SMILES string of the molecule is O=C(Nc1ccc(SCC(=O)c2ccc(Br)cc2)cc1)/C(=C/c1ccccc1[N+](=O)[O-])NC(=O)c1ccccc1. The monoisotopic (exact) mass is 615 g/mol. The summed E-state index contributed by atoms with van der Waals surface area (Å²) >= 11 is 4.72. The number of anilines is 1. The number of halogens is 1. The van der Waals surface area contributed by atoms with Gasteiger partial charge in [0.1, 0.15) is 5.70 Å². The first-order chi connectivity index (χ1) is 19.3. The largest absolute Gasteiger partial charge is 0.321 e. The summed E-state index contributed by atoms with van der Waals surface area (Å²) in [6, 6.07) is 28.3. The van der Waals surface area contributed by atoms with Crippen LogP contribution in [0.1, 0.15) is 26.3 Å². The smallest absolute Gasteiger partial charge is 0.276 e. The molecule has 0 radical (unpaired) electrons. The van der Waals surface area contributed by atoms with Crippen LogP contribution in [-0.4, -0.2) is 28.3 Å². The molecule has 0 aliphatic carbocycles. The molecule has 0 unspecified atom stereocenters. The number of hydrogen-bond acceptors (Lipinski definition) is 6. The van der Waals surface area contributed by atoms with Crippen LogP contribution in [0.4, 0.5) is 11.4 Å².